The average Bonchev–Trinajstić information content (AvgIpc) is 3.38. The zero-order chi connectivity index (χ0) is 23.9. The molecule has 182 valence electrons. The number of carbonyl (C=O) groups is 2. The monoisotopic (exact) mass is 463 g/mol. The third-order valence-electron chi connectivity index (χ3n) is 7.18. The van der Waals surface area contributed by atoms with Crippen LogP contribution in [-0.2, 0) is 4.79 Å². The van der Waals surface area contributed by atoms with Crippen LogP contribution in [0.4, 0.5) is 0 Å². The highest BCUT2D eigenvalue weighted by atomic mass is 16.5. The highest BCUT2D eigenvalue weighted by Gasteiger charge is 2.29. The van der Waals surface area contributed by atoms with Crippen LogP contribution in [0.3, 0.4) is 0 Å². The predicted molar refractivity (Wildman–Crippen MR) is 134 cm³/mol. The smallest absolute Gasteiger partial charge is 0.260 e. The van der Waals surface area contributed by atoms with Crippen LogP contribution in [0, 0.1) is 0 Å². The summed E-state index contributed by atoms with van der Waals surface area (Å²) >= 11 is 0. The minimum Gasteiger partial charge on any atom is -0.484 e. The minimum absolute atomic E-state index is 0.0226. The first kappa shape index (κ1) is 24.3. The van der Waals surface area contributed by atoms with Crippen LogP contribution >= 0.6 is 0 Å². The van der Waals surface area contributed by atoms with Gasteiger partial charge in [-0.1, -0.05) is 30.3 Å². The number of amides is 2. The molecule has 34 heavy (non-hydrogen) atoms. The molecule has 2 fully saturated rings. The van der Waals surface area contributed by atoms with Gasteiger partial charge in [0.05, 0.1) is 6.04 Å². The van der Waals surface area contributed by atoms with Crippen LogP contribution in [0.15, 0.2) is 54.6 Å². The molecule has 2 aliphatic heterocycles. The summed E-state index contributed by atoms with van der Waals surface area (Å²) < 4.78 is 5.75. The molecule has 6 heteroatoms. The molecule has 2 saturated heterocycles. The molecule has 2 aromatic rings. The van der Waals surface area contributed by atoms with Gasteiger partial charge in [-0.2, -0.15) is 0 Å². The topological polar surface area (TPSA) is 61.9 Å². The van der Waals surface area contributed by atoms with Gasteiger partial charge < -0.3 is 15.0 Å². The number of carbonyl (C=O) groups excluding carboxylic acids is 2. The van der Waals surface area contributed by atoms with Crippen molar-refractivity contribution in [3.05, 3.63) is 65.7 Å². The fraction of sp³-hybridized carbons (Fsp3) is 0.500. The maximum atomic E-state index is 12.8. The second kappa shape index (κ2) is 11.5. The summed E-state index contributed by atoms with van der Waals surface area (Å²) in [5.41, 5.74) is 1.82. The van der Waals surface area contributed by atoms with Crippen molar-refractivity contribution < 1.29 is 14.3 Å². The van der Waals surface area contributed by atoms with Crippen molar-refractivity contribution in [1.82, 2.24) is 15.1 Å². The standard InChI is InChI=1S/C28H37N3O3/c1-21-9-8-10-22(2)31(21)27(32)20-34-25-15-13-24(14-16-25)28(33)29-19-26(30-17-6-7-18-30)23-11-4-3-5-12-23/h3-5,11-16,21-22,26H,6-10,17-20H2,1-2H3,(H,29,33). The van der Waals surface area contributed by atoms with Crippen LogP contribution in [0.2, 0.25) is 0 Å². The van der Waals surface area contributed by atoms with Gasteiger partial charge in [-0.05, 0) is 88.9 Å². The molecule has 3 unspecified atom stereocenters. The molecule has 0 saturated carbocycles. The first-order chi connectivity index (χ1) is 16.5. The average molecular weight is 464 g/mol. The fourth-order valence-electron chi connectivity index (χ4n) is 5.31. The van der Waals surface area contributed by atoms with E-state index in [2.05, 4.69) is 48.3 Å². The van der Waals surface area contributed by atoms with Crippen molar-refractivity contribution >= 4 is 11.8 Å². The maximum Gasteiger partial charge on any atom is 0.260 e. The summed E-state index contributed by atoms with van der Waals surface area (Å²) in [4.78, 5) is 29.9. The molecule has 0 aromatic heterocycles. The molecule has 1 N–H and O–H groups in total. The van der Waals surface area contributed by atoms with Gasteiger partial charge in [0.1, 0.15) is 5.75 Å². The lowest BCUT2D eigenvalue weighted by molar-refractivity contribution is -0.139. The Labute approximate surface area is 203 Å². The number of hydrogen-bond donors (Lipinski definition) is 1. The van der Waals surface area contributed by atoms with Crippen LogP contribution in [0.1, 0.15) is 67.9 Å². The van der Waals surface area contributed by atoms with Crippen molar-refractivity contribution in [2.45, 2.75) is 64.1 Å². The predicted octanol–water partition coefficient (Wildman–Crippen LogP) is 4.42. The van der Waals surface area contributed by atoms with E-state index in [0.717, 1.165) is 25.9 Å². The van der Waals surface area contributed by atoms with Crippen LogP contribution < -0.4 is 10.1 Å². The number of likely N-dealkylation sites (tertiary alicyclic amines) is 2. The van der Waals surface area contributed by atoms with E-state index in [1.54, 1.807) is 24.3 Å². The van der Waals surface area contributed by atoms with E-state index >= 15 is 0 Å². The molecule has 6 nitrogen and oxygen atoms in total. The molecule has 0 spiro atoms. The Balaban J connectivity index is 1.30. The van der Waals surface area contributed by atoms with Gasteiger partial charge in [-0.15, -0.1) is 0 Å². The molecule has 2 heterocycles. The summed E-state index contributed by atoms with van der Waals surface area (Å²) in [6.07, 6.45) is 5.67. The third kappa shape index (κ3) is 5.98. The number of piperidine rings is 1. The van der Waals surface area contributed by atoms with Crippen molar-refractivity contribution in [2.24, 2.45) is 0 Å². The lowest BCUT2D eigenvalue weighted by Crippen LogP contribution is -2.49. The SMILES string of the molecule is CC1CCCC(C)N1C(=O)COc1ccc(C(=O)NCC(c2ccccc2)N2CCCC2)cc1. The Morgan fingerprint density at radius 3 is 2.24 bits per heavy atom. The van der Waals surface area contributed by atoms with Crippen molar-refractivity contribution in [1.29, 1.82) is 0 Å². The highest BCUT2D eigenvalue weighted by molar-refractivity contribution is 5.94. The van der Waals surface area contributed by atoms with Crippen molar-refractivity contribution in [3.8, 4) is 5.75 Å². The molecule has 2 aliphatic rings. The van der Waals surface area contributed by atoms with Crippen molar-refractivity contribution in [3.63, 3.8) is 0 Å². The summed E-state index contributed by atoms with van der Waals surface area (Å²) in [5, 5.41) is 3.11. The summed E-state index contributed by atoms with van der Waals surface area (Å²) in [5.74, 6) is 0.524. The quantitative estimate of drug-likeness (QED) is 0.630. The first-order valence-electron chi connectivity index (χ1n) is 12.6. The van der Waals surface area contributed by atoms with Crippen LogP contribution in [0.5, 0.6) is 5.75 Å². The Hall–Kier alpha value is -2.86. The number of nitrogens with zero attached hydrogens (tertiary/aromatic N) is 2. The molecular formula is C28H37N3O3. The van der Waals surface area contributed by atoms with E-state index in [0.29, 0.717) is 17.9 Å². The Morgan fingerprint density at radius 2 is 1.59 bits per heavy atom. The zero-order valence-electron chi connectivity index (χ0n) is 20.4. The molecule has 0 aliphatic carbocycles. The molecule has 2 amide bonds. The third-order valence-corrected chi connectivity index (χ3v) is 7.18. The van der Waals surface area contributed by atoms with E-state index < -0.39 is 0 Å². The molecule has 3 atom stereocenters. The van der Waals surface area contributed by atoms with Crippen LogP contribution in [0.25, 0.3) is 0 Å². The molecule has 4 rings (SSSR count). The van der Waals surface area contributed by atoms with Gasteiger partial charge in [-0.25, -0.2) is 0 Å². The molecule has 0 radical (unpaired) electrons. The zero-order valence-corrected chi connectivity index (χ0v) is 20.4. The summed E-state index contributed by atoms with van der Waals surface area (Å²) in [7, 11) is 0. The summed E-state index contributed by atoms with van der Waals surface area (Å²) in [6.45, 7) is 6.93. The second-order valence-electron chi connectivity index (χ2n) is 9.62. The lowest BCUT2D eigenvalue weighted by atomic mass is 9.97. The van der Waals surface area contributed by atoms with Gasteiger partial charge in [-0.3, -0.25) is 14.5 Å². The molecule has 0 bridgehead atoms. The number of rotatable bonds is 8. The first-order valence-corrected chi connectivity index (χ1v) is 12.6. The number of benzene rings is 2. The number of nitrogens with one attached hydrogen (secondary N) is 1. The van der Waals surface area contributed by atoms with Gasteiger partial charge in [0, 0.05) is 24.2 Å². The van der Waals surface area contributed by atoms with E-state index in [1.165, 1.54) is 24.8 Å². The Bertz CT molecular complexity index is 931. The largest absolute Gasteiger partial charge is 0.484 e. The fourth-order valence-corrected chi connectivity index (χ4v) is 5.31. The van der Waals surface area contributed by atoms with Gasteiger partial charge in [0.2, 0.25) is 0 Å². The normalized spacial score (nSPS) is 21.8. The molecule has 2 aromatic carbocycles. The summed E-state index contributed by atoms with van der Waals surface area (Å²) in [6, 6.07) is 18.1. The Kier molecular flexibility index (Phi) is 8.22. The lowest BCUT2D eigenvalue weighted by Gasteiger charge is -2.38. The number of hydrogen-bond acceptors (Lipinski definition) is 4. The second-order valence-corrected chi connectivity index (χ2v) is 9.62. The van der Waals surface area contributed by atoms with Gasteiger partial charge in [0.25, 0.3) is 11.8 Å². The number of ether oxygens (including phenoxy) is 1. The van der Waals surface area contributed by atoms with E-state index in [4.69, 9.17) is 4.74 Å². The highest BCUT2D eigenvalue weighted by Crippen LogP contribution is 2.25. The van der Waals surface area contributed by atoms with Gasteiger partial charge in [0.15, 0.2) is 6.61 Å². The van der Waals surface area contributed by atoms with E-state index in [9.17, 15) is 9.59 Å². The Morgan fingerprint density at radius 1 is 0.941 bits per heavy atom. The maximum absolute atomic E-state index is 12.8. The van der Waals surface area contributed by atoms with E-state index in [1.807, 2.05) is 11.0 Å². The van der Waals surface area contributed by atoms with Gasteiger partial charge >= 0.3 is 0 Å². The van der Waals surface area contributed by atoms with Crippen LogP contribution in [-0.4, -0.2) is 59.9 Å². The van der Waals surface area contributed by atoms with E-state index in [-0.39, 0.29) is 36.5 Å². The minimum atomic E-state index is -0.0984. The molecular weight excluding hydrogens is 426 g/mol. The van der Waals surface area contributed by atoms with Crippen molar-refractivity contribution in [2.75, 3.05) is 26.2 Å².